The van der Waals surface area contributed by atoms with Gasteiger partial charge in [-0.15, -0.1) is 0 Å². The van der Waals surface area contributed by atoms with Gasteiger partial charge in [-0.2, -0.15) is 0 Å². The number of nitrogens with one attached hydrogen (secondary N) is 2. The van der Waals surface area contributed by atoms with Crippen molar-refractivity contribution in [3.8, 4) is 0 Å². The zero-order chi connectivity index (χ0) is 23.8. The van der Waals surface area contributed by atoms with Gasteiger partial charge in [-0.1, -0.05) is 0 Å². The number of carbonyl (C=O) groups excluding carboxylic acids is 2. The van der Waals surface area contributed by atoms with E-state index in [0.29, 0.717) is 60.9 Å². The van der Waals surface area contributed by atoms with Gasteiger partial charge >= 0.3 is 137 Å². The van der Waals surface area contributed by atoms with E-state index in [2.05, 4.69) is 20.5 Å². The number of hydrogen-bond donors (Lipinski definition) is 3. The van der Waals surface area contributed by atoms with Gasteiger partial charge in [-0.25, -0.2) is 4.79 Å². The Labute approximate surface area is 212 Å². The number of carboxylic acids is 1. The Balaban J connectivity index is 1.57. The molecule has 1 aliphatic heterocycles. The van der Waals surface area contributed by atoms with Gasteiger partial charge in [0.15, 0.2) is 0 Å². The van der Waals surface area contributed by atoms with Gasteiger partial charge in [0, 0.05) is 25.9 Å². The molecule has 9 nitrogen and oxygen atoms in total. The van der Waals surface area contributed by atoms with Crippen LogP contribution >= 0.6 is 0 Å². The first-order chi connectivity index (χ1) is 15.9. The summed E-state index contributed by atoms with van der Waals surface area (Å²) in [6.07, 6.45) is 3.88. The summed E-state index contributed by atoms with van der Waals surface area (Å²) in [4.78, 5) is 42.4. The van der Waals surface area contributed by atoms with Gasteiger partial charge in [0.1, 0.15) is 0 Å². The number of anilines is 2. The molecule has 33 heavy (non-hydrogen) atoms. The van der Waals surface area contributed by atoms with Crippen LogP contribution in [-0.2, 0) is 35.7 Å². The summed E-state index contributed by atoms with van der Waals surface area (Å²) in [7, 11) is 1.61. The Morgan fingerprint density at radius 3 is 2.52 bits per heavy atom. The second kappa shape index (κ2) is 12.2. The largest absolute Gasteiger partial charge is 0.478 e. The molecule has 0 unspecified atom stereocenters. The summed E-state index contributed by atoms with van der Waals surface area (Å²) in [5.41, 5.74) is 1.61. The molecule has 0 atom stereocenters. The molecule has 1 fully saturated rings. The zero-order valence-corrected chi connectivity index (χ0v) is 21.4. The summed E-state index contributed by atoms with van der Waals surface area (Å²) < 4.78 is 5.13. The number of aromatic nitrogens is 1. The van der Waals surface area contributed by atoms with Crippen molar-refractivity contribution in [3.63, 3.8) is 0 Å². The number of pyridine rings is 1. The fourth-order valence-corrected chi connectivity index (χ4v) is 4.12. The predicted molar refractivity (Wildman–Crippen MR) is 120 cm³/mol. The number of carbonyl (C=O) groups is 3. The SMILES string of the molecule is COCCCNc1cc(C(=O)NC2CCN(c3ccc([C](=O)[Y])cn3)CC2)ccc1C(=O)O. The second-order valence-electron chi connectivity index (χ2n) is 7.84. The van der Waals surface area contributed by atoms with Gasteiger partial charge < -0.3 is 15.2 Å². The fraction of sp³-hybridized carbons (Fsp3) is 0.391. The summed E-state index contributed by atoms with van der Waals surface area (Å²) in [6.45, 7) is 2.60. The molecule has 1 saturated heterocycles. The number of piperidine rings is 1. The molecule has 0 saturated carbocycles. The normalized spacial score (nSPS) is 14.0. The van der Waals surface area contributed by atoms with Gasteiger partial charge in [0.05, 0.1) is 5.56 Å². The number of amides is 1. The van der Waals surface area contributed by atoms with Crippen molar-refractivity contribution in [3.05, 3.63) is 53.2 Å². The number of rotatable bonds is 10. The van der Waals surface area contributed by atoms with Crippen molar-refractivity contribution in [1.29, 1.82) is 0 Å². The molecule has 0 aliphatic carbocycles. The minimum absolute atomic E-state index is 0.0214. The minimum Gasteiger partial charge on any atom is -0.478 e. The molecule has 3 N–H and O–H groups in total. The smallest absolute Gasteiger partial charge is 0.337 e. The van der Waals surface area contributed by atoms with E-state index in [4.69, 9.17) is 4.74 Å². The van der Waals surface area contributed by atoms with Crippen LogP contribution in [0, 0.1) is 0 Å². The van der Waals surface area contributed by atoms with Gasteiger partial charge in [0.25, 0.3) is 0 Å². The van der Waals surface area contributed by atoms with Crippen LogP contribution in [0.4, 0.5) is 11.5 Å². The maximum absolute atomic E-state index is 12.8. The summed E-state index contributed by atoms with van der Waals surface area (Å²) in [6, 6.07) is 8.28. The van der Waals surface area contributed by atoms with Crippen molar-refractivity contribution in [2.24, 2.45) is 0 Å². The van der Waals surface area contributed by atoms with Crippen molar-refractivity contribution >= 4 is 26.0 Å². The molecule has 10 heteroatoms. The zero-order valence-electron chi connectivity index (χ0n) is 18.5. The Morgan fingerprint density at radius 2 is 1.91 bits per heavy atom. The van der Waals surface area contributed by atoms with Crippen molar-refractivity contribution < 1.29 is 55.2 Å². The van der Waals surface area contributed by atoms with Crippen LogP contribution in [0.3, 0.4) is 0 Å². The molecule has 0 radical (unpaired) electrons. The number of ether oxygens (including phenoxy) is 1. The van der Waals surface area contributed by atoms with Crippen LogP contribution in [0.25, 0.3) is 0 Å². The predicted octanol–water partition coefficient (Wildman–Crippen LogP) is 2.31. The quantitative estimate of drug-likeness (QED) is 0.402. The molecule has 0 spiro atoms. The molecule has 1 aromatic heterocycles. The van der Waals surface area contributed by atoms with Gasteiger partial charge in [-0.3, -0.25) is 0 Å². The number of hydrogen-bond acceptors (Lipinski definition) is 7. The summed E-state index contributed by atoms with van der Waals surface area (Å²) in [5, 5.41) is 15.6. The van der Waals surface area contributed by atoms with E-state index < -0.39 is 5.97 Å². The molecule has 2 heterocycles. The second-order valence-corrected chi connectivity index (χ2v) is 9.13. The maximum atomic E-state index is 12.8. The van der Waals surface area contributed by atoms with Gasteiger partial charge in [-0.05, 0) is 24.6 Å². The van der Waals surface area contributed by atoms with E-state index in [1.807, 2.05) is 12.1 Å². The molecular weight excluding hydrogens is 501 g/mol. The standard InChI is InChI=1S/C23H27N4O5.Y/c1-32-12-2-9-24-20-13-17(4-5-19(20)23(30)31)22(29)26-18-7-10-27(11-8-18)21-6-3-16(15-28)14-25-21;/h3-6,13-14,18,24H,2,7-12H2,1H3,(H,26,29)(H,30,31);. The Bertz CT molecular complexity index is 991. The first-order valence-electron chi connectivity index (χ1n) is 10.8. The molecular formula is C23H27N4O5Y. The van der Waals surface area contributed by atoms with Crippen LogP contribution in [0.2, 0.25) is 0 Å². The molecule has 1 amide bonds. The first-order valence-corrected chi connectivity index (χ1v) is 12.2. The fourth-order valence-electron chi connectivity index (χ4n) is 3.70. The third-order valence-corrected chi connectivity index (χ3v) is 6.36. The Morgan fingerprint density at radius 1 is 1.18 bits per heavy atom. The molecule has 0 bridgehead atoms. The molecule has 172 valence electrons. The van der Waals surface area contributed by atoms with E-state index in [9.17, 15) is 19.5 Å². The average molecular weight is 528 g/mol. The van der Waals surface area contributed by atoms with Crippen LogP contribution in [0.5, 0.6) is 0 Å². The van der Waals surface area contributed by atoms with Crippen LogP contribution in [0.1, 0.15) is 50.3 Å². The van der Waals surface area contributed by atoms with E-state index in [1.54, 1.807) is 19.4 Å². The van der Waals surface area contributed by atoms with Gasteiger partial charge in [0.2, 0.25) is 0 Å². The number of nitrogens with zero attached hydrogens (tertiary/aromatic N) is 2. The maximum Gasteiger partial charge on any atom is 0.337 e. The van der Waals surface area contributed by atoms with Crippen molar-refractivity contribution in [2.75, 3.05) is 43.6 Å². The Kier molecular flexibility index (Phi) is 9.34. The molecule has 3 rings (SSSR count). The molecule has 1 aromatic carbocycles. The topological polar surface area (TPSA) is 121 Å². The number of benzene rings is 1. The van der Waals surface area contributed by atoms with E-state index in [0.717, 1.165) is 38.2 Å². The van der Waals surface area contributed by atoms with Crippen molar-refractivity contribution in [2.45, 2.75) is 25.3 Å². The van der Waals surface area contributed by atoms with E-state index in [-0.39, 0.29) is 20.1 Å². The molecule has 1 aliphatic rings. The number of methoxy groups -OCH3 is 1. The molecule has 2 aromatic rings. The minimum atomic E-state index is -1.05. The Hall–Kier alpha value is -2.36. The van der Waals surface area contributed by atoms with Crippen LogP contribution < -0.4 is 15.5 Å². The third-order valence-electron chi connectivity index (χ3n) is 5.54. The monoisotopic (exact) mass is 528 g/mol. The van der Waals surface area contributed by atoms with Crippen LogP contribution in [0.15, 0.2) is 36.5 Å². The average Bonchev–Trinajstić information content (AvgIpc) is 2.82. The van der Waals surface area contributed by atoms with E-state index in [1.165, 1.54) is 12.1 Å². The third kappa shape index (κ3) is 7.06. The summed E-state index contributed by atoms with van der Waals surface area (Å²) in [5.74, 6) is -0.438. The summed E-state index contributed by atoms with van der Waals surface area (Å²) >= 11 is 0.543. The first kappa shape index (κ1) is 25.3. The number of aromatic carboxylic acids is 1. The van der Waals surface area contributed by atoms with E-state index >= 15 is 0 Å². The number of carboxylic acid groups (broad SMARTS) is 1. The van der Waals surface area contributed by atoms with Crippen LogP contribution in [-0.4, -0.2) is 64.0 Å². The van der Waals surface area contributed by atoms with Crippen molar-refractivity contribution in [1.82, 2.24) is 10.3 Å².